The molecule has 0 spiro atoms. The molecule has 3 rings (SSSR count). The van der Waals surface area contributed by atoms with E-state index in [-0.39, 0.29) is 0 Å². The summed E-state index contributed by atoms with van der Waals surface area (Å²) in [6, 6.07) is 4.90. The molecule has 0 heterocycles. The zero-order valence-corrected chi connectivity index (χ0v) is 14.9. The van der Waals surface area contributed by atoms with Crippen LogP contribution < -0.4 is 0 Å². The van der Waals surface area contributed by atoms with Crippen LogP contribution in [0.25, 0.3) is 0 Å². The van der Waals surface area contributed by atoms with Crippen molar-refractivity contribution in [1.29, 1.82) is 0 Å². The Kier molecular flexibility index (Phi) is 6.04. The summed E-state index contributed by atoms with van der Waals surface area (Å²) in [6.45, 7) is 0. The van der Waals surface area contributed by atoms with E-state index in [4.69, 9.17) is 12.8 Å². The minimum absolute atomic E-state index is 0.694. The zero-order chi connectivity index (χ0) is 16.8. The fourth-order valence-corrected chi connectivity index (χ4v) is 4.84. The Morgan fingerprint density at radius 3 is 1.38 bits per heavy atom. The van der Waals surface area contributed by atoms with Crippen LogP contribution in [-0.2, 0) is 12.8 Å². The largest absolute Gasteiger partial charge is 0.120 e. The van der Waals surface area contributed by atoms with E-state index < -0.39 is 0 Å². The van der Waals surface area contributed by atoms with E-state index in [1.807, 2.05) is 0 Å². The molecule has 0 saturated heterocycles. The van der Waals surface area contributed by atoms with Crippen LogP contribution in [0.4, 0.5) is 0 Å². The van der Waals surface area contributed by atoms with Gasteiger partial charge in [-0.2, -0.15) is 0 Å². The Balaban J connectivity index is 2.00. The molecule has 0 N–H and O–H groups in total. The molecule has 24 heavy (non-hydrogen) atoms. The highest BCUT2D eigenvalue weighted by Crippen LogP contribution is 2.40. The van der Waals surface area contributed by atoms with Gasteiger partial charge >= 0.3 is 0 Å². The molecule has 0 nitrogen and oxygen atoms in total. The second kappa shape index (κ2) is 8.44. The average molecular weight is 319 g/mol. The van der Waals surface area contributed by atoms with Crippen LogP contribution in [0.3, 0.4) is 0 Å². The average Bonchev–Trinajstić information content (AvgIpc) is 2.64. The molecule has 2 saturated carbocycles. The van der Waals surface area contributed by atoms with Crippen LogP contribution in [0.5, 0.6) is 0 Å². The number of hydrogen-bond acceptors (Lipinski definition) is 0. The molecule has 0 bridgehead atoms. The molecule has 2 fully saturated rings. The van der Waals surface area contributed by atoms with Crippen LogP contribution in [-0.4, -0.2) is 0 Å². The monoisotopic (exact) mass is 318 g/mol. The highest BCUT2D eigenvalue weighted by Gasteiger charge is 2.23. The number of benzene rings is 1. The summed E-state index contributed by atoms with van der Waals surface area (Å²) >= 11 is 0. The molecule has 1 aromatic rings. The normalized spacial score (nSPS) is 19.6. The van der Waals surface area contributed by atoms with E-state index in [0.29, 0.717) is 11.8 Å². The van der Waals surface area contributed by atoms with Gasteiger partial charge in [0.2, 0.25) is 0 Å². The van der Waals surface area contributed by atoms with E-state index >= 15 is 0 Å². The molecule has 2 aliphatic rings. The Morgan fingerprint density at radius 2 is 1.04 bits per heavy atom. The van der Waals surface area contributed by atoms with Gasteiger partial charge < -0.3 is 0 Å². The zero-order valence-electron chi connectivity index (χ0n) is 14.9. The third-order valence-corrected chi connectivity index (χ3v) is 6.08. The molecule has 0 unspecified atom stereocenters. The molecule has 0 aliphatic heterocycles. The van der Waals surface area contributed by atoms with Crippen molar-refractivity contribution >= 4 is 0 Å². The molecule has 126 valence electrons. The topological polar surface area (TPSA) is 0 Å². The first-order chi connectivity index (χ1) is 11.8. The van der Waals surface area contributed by atoms with Crippen LogP contribution in [0.15, 0.2) is 12.1 Å². The van der Waals surface area contributed by atoms with Gasteiger partial charge in [0.05, 0.1) is 0 Å². The highest BCUT2D eigenvalue weighted by atomic mass is 14.3. The molecule has 0 atom stereocenters. The maximum atomic E-state index is 5.70. The lowest BCUT2D eigenvalue weighted by Crippen LogP contribution is -2.12. The highest BCUT2D eigenvalue weighted by molar-refractivity contribution is 5.45. The van der Waals surface area contributed by atoms with Gasteiger partial charge in [0.15, 0.2) is 0 Å². The number of rotatable bonds is 4. The van der Waals surface area contributed by atoms with Gasteiger partial charge in [0.25, 0.3) is 0 Å². The lowest BCUT2D eigenvalue weighted by molar-refractivity contribution is 0.436. The van der Waals surface area contributed by atoms with E-state index in [2.05, 4.69) is 24.0 Å². The van der Waals surface area contributed by atoms with E-state index in [9.17, 15) is 0 Å². The molecule has 0 radical (unpaired) electrons. The maximum absolute atomic E-state index is 5.70. The Labute approximate surface area is 148 Å². The number of terminal acetylenes is 2. The minimum Gasteiger partial charge on any atom is -0.120 e. The molecule has 0 amide bonds. The van der Waals surface area contributed by atoms with Crippen molar-refractivity contribution in [3.8, 4) is 24.7 Å². The van der Waals surface area contributed by atoms with Crippen LogP contribution in [0.1, 0.15) is 98.3 Å². The fourth-order valence-electron chi connectivity index (χ4n) is 4.84. The maximum Gasteiger partial charge on any atom is 0.0340 e. The van der Waals surface area contributed by atoms with Gasteiger partial charge in [-0.05, 0) is 59.8 Å². The summed E-state index contributed by atoms with van der Waals surface area (Å²) < 4.78 is 0. The van der Waals surface area contributed by atoms with Crippen molar-refractivity contribution in [2.45, 2.75) is 88.9 Å². The predicted molar refractivity (Wildman–Crippen MR) is 103 cm³/mol. The summed E-state index contributed by atoms with van der Waals surface area (Å²) in [5.74, 6) is 7.20. The molecular weight excluding hydrogens is 288 g/mol. The Bertz CT molecular complexity index is 567. The summed E-state index contributed by atoms with van der Waals surface area (Å²) in [4.78, 5) is 0. The van der Waals surface area contributed by atoms with Crippen molar-refractivity contribution < 1.29 is 0 Å². The fraction of sp³-hybridized carbons (Fsp3) is 0.583. The molecule has 1 aromatic carbocycles. The molecular formula is C24H30. The summed E-state index contributed by atoms with van der Waals surface area (Å²) in [6.07, 6.45) is 26.4. The Hall–Kier alpha value is -1.66. The van der Waals surface area contributed by atoms with Crippen LogP contribution >= 0.6 is 0 Å². The minimum atomic E-state index is 0.694. The molecule has 0 aromatic heterocycles. The molecule has 2 aliphatic carbocycles. The summed E-state index contributed by atoms with van der Waals surface area (Å²) in [5.41, 5.74) is 5.84. The summed E-state index contributed by atoms with van der Waals surface area (Å²) in [5, 5.41) is 0. The van der Waals surface area contributed by atoms with Crippen molar-refractivity contribution in [3.63, 3.8) is 0 Å². The van der Waals surface area contributed by atoms with Gasteiger partial charge in [-0.15, -0.1) is 24.7 Å². The molecule has 0 heteroatoms. The second-order valence-electron chi connectivity index (χ2n) is 7.68. The van der Waals surface area contributed by atoms with Crippen molar-refractivity contribution in [2.75, 3.05) is 0 Å². The van der Waals surface area contributed by atoms with Gasteiger partial charge in [-0.1, -0.05) is 50.7 Å². The van der Waals surface area contributed by atoms with Crippen LogP contribution in [0, 0.1) is 24.7 Å². The van der Waals surface area contributed by atoms with Crippen molar-refractivity contribution in [1.82, 2.24) is 0 Å². The van der Waals surface area contributed by atoms with E-state index in [1.165, 1.54) is 86.5 Å². The van der Waals surface area contributed by atoms with Crippen LogP contribution in [0.2, 0.25) is 0 Å². The van der Waals surface area contributed by atoms with Gasteiger partial charge in [0.1, 0.15) is 0 Å². The van der Waals surface area contributed by atoms with Crippen molar-refractivity contribution in [3.05, 3.63) is 34.4 Å². The first kappa shape index (κ1) is 17.2. The second-order valence-corrected chi connectivity index (χ2v) is 7.68. The van der Waals surface area contributed by atoms with Gasteiger partial charge in [-0.25, -0.2) is 0 Å². The predicted octanol–water partition coefficient (Wildman–Crippen LogP) is 6.13. The number of hydrogen-bond donors (Lipinski definition) is 0. The van der Waals surface area contributed by atoms with E-state index in [0.717, 1.165) is 12.8 Å². The third kappa shape index (κ3) is 3.87. The van der Waals surface area contributed by atoms with Gasteiger partial charge in [0, 0.05) is 12.8 Å². The lowest BCUT2D eigenvalue weighted by Gasteiger charge is -2.29. The summed E-state index contributed by atoms with van der Waals surface area (Å²) in [7, 11) is 0. The standard InChI is InChI=1S/C24H30/c1-3-11-21-17-24(20-15-9-6-10-16-20)22(12-4-2)18-23(21)19-13-7-5-8-14-19/h1-2,17-20H,5-16H2. The van der Waals surface area contributed by atoms with E-state index in [1.54, 1.807) is 0 Å². The first-order valence-corrected chi connectivity index (χ1v) is 9.86. The SMILES string of the molecule is C#CCc1cc(C2CCCCC2)c(CC#C)cc1C1CCCCC1. The Morgan fingerprint density at radius 1 is 0.667 bits per heavy atom. The lowest BCUT2D eigenvalue weighted by atomic mass is 9.76. The van der Waals surface area contributed by atoms with Crippen molar-refractivity contribution in [2.24, 2.45) is 0 Å². The first-order valence-electron chi connectivity index (χ1n) is 9.86. The quantitative estimate of drug-likeness (QED) is 0.585. The third-order valence-electron chi connectivity index (χ3n) is 6.08. The van der Waals surface area contributed by atoms with Gasteiger partial charge in [-0.3, -0.25) is 0 Å². The smallest absolute Gasteiger partial charge is 0.0340 e.